The van der Waals surface area contributed by atoms with Gasteiger partial charge in [0.25, 0.3) is 0 Å². The van der Waals surface area contributed by atoms with Crippen LogP contribution in [0.1, 0.15) is 21.6 Å². The topological polar surface area (TPSA) is 47.9 Å². The fraction of sp³-hybridized carbons (Fsp3) is 0.0909. The van der Waals surface area contributed by atoms with Crippen molar-refractivity contribution in [1.29, 1.82) is 0 Å². The summed E-state index contributed by atoms with van der Waals surface area (Å²) in [6, 6.07) is 19.6. The summed E-state index contributed by atoms with van der Waals surface area (Å²) < 4.78 is 11.1. The third-order valence-corrected chi connectivity index (χ3v) is 4.88. The Morgan fingerprint density at radius 2 is 1.96 bits per heavy atom. The fourth-order valence-corrected chi connectivity index (χ4v) is 3.35. The first kappa shape index (κ1) is 17.2. The van der Waals surface area contributed by atoms with Crippen LogP contribution in [0.3, 0.4) is 0 Å². The van der Waals surface area contributed by atoms with Crippen molar-refractivity contribution in [2.75, 3.05) is 0 Å². The van der Waals surface area contributed by atoms with E-state index in [1.165, 1.54) is 16.9 Å². The molecule has 134 valence electrons. The van der Waals surface area contributed by atoms with E-state index in [-0.39, 0.29) is 0 Å². The molecule has 0 unspecified atom stereocenters. The molecular weight excluding hydrogens is 358 g/mol. The van der Waals surface area contributed by atoms with Gasteiger partial charge in [-0.15, -0.1) is 11.3 Å². The highest BCUT2D eigenvalue weighted by Crippen LogP contribution is 2.22. The van der Waals surface area contributed by atoms with Crippen LogP contribution in [0, 0.1) is 6.92 Å². The minimum Gasteiger partial charge on any atom is -0.489 e. The summed E-state index contributed by atoms with van der Waals surface area (Å²) in [5.74, 6) is 0.702. The highest BCUT2D eigenvalue weighted by Gasteiger charge is 2.24. The van der Waals surface area contributed by atoms with Crippen LogP contribution >= 0.6 is 11.3 Å². The van der Waals surface area contributed by atoms with Crippen LogP contribution in [-0.2, 0) is 16.1 Å². The predicted octanol–water partition coefficient (Wildman–Crippen LogP) is 4.98. The first-order chi connectivity index (χ1) is 13.2. The van der Waals surface area contributed by atoms with E-state index in [1.807, 2.05) is 53.9 Å². The molecule has 1 aliphatic heterocycles. The van der Waals surface area contributed by atoms with E-state index < -0.39 is 5.97 Å². The number of rotatable bonds is 5. The van der Waals surface area contributed by atoms with Gasteiger partial charge in [-0.3, -0.25) is 0 Å². The van der Waals surface area contributed by atoms with Crippen molar-refractivity contribution in [3.63, 3.8) is 0 Å². The molecule has 0 amide bonds. The molecular formula is C22H17NO3S. The van der Waals surface area contributed by atoms with Gasteiger partial charge in [-0.05, 0) is 47.7 Å². The second-order valence-corrected chi connectivity index (χ2v) is 7.11. The maximum Gasteiger partial charge on any atom is 0.363 e. The number of aryl methyl sites for hydroxylation is 1. The monoisotopic (exact) mass is 375 g/mol. The first-order valence-corrected chi connectivity index (χ1v) is 9.40. The fourth-order valence-electron chi connectivity index (χ4n) is 2.70. The molecule has 0 bridgehead atoms. The quantitative estimate of drug-likeness (QED) is 0.467. The van der Waals surface area contributed by atoms with Crippen LogP contribution in [0.4, 0.5) is 0 Å². The molecule has 0 fully saturated rings. The number of esters is 1. The average molecular weight is 375 g/mol. The number of carbonyl (C=O) groups is 1. The highest BCUT2D eigenvalue weighted by atomic mass is 32.1. The van der Waals surface area contributed by atoms with E-state index in [9.17, 15) is 4.79 Å². The molecule has 5 heteroatoms. The molecule has 2 aromatic carbocycles. The van der Waals surface area contributed by atoms with Crippen LogP contribution in [0.15, 0.2) is 76.7 Å². The van der Waals surface area contributed by atoms with Gasteiger partial charge in [0.1, 0.15) is 12.4 Å². The number of carbonyl (C=O) groups excluding carboxylic acids is 1. The number of benzene rings is 2. The normalized spacial score (nSPS) is 14.9. The van der Waals surface area contributed by atoms with E-state index in [4.69, 9.17) is 9.47 Å². The summed E-state index contributed by atoms with van der Waals surface area (Å²) in [6.45, 7) is 2.58. The van der Waals surface area contributed by atoms with Gasteiger partial charge in [0.2, 0.25) is 5.90 Å². The Bertz CT molecular complexity index is 1020. The van der Waals surface area contributed by atoms with Crippen molar-refractivity contribution in [3.05, 3.63) is 93.3 Å². The van der Waals surface area contributed by atoms with Gasteiger partial charge >= 0.3 is 5.97 Å². The lowest BCUT2D eigenvalue weighted by Gasteiger charge is -2.07. The van der Waals surface area contributed by atoms with Gasteiger partial charge in [-0.25, -0.2) is 9.79 Å². The summed E-state index contributed by atoms with van der Waals surface area (Å²) in [5, 5.41) is 1.92. The lowest BCUT2D eigenvalue weighted by Crippen LogP contribution is -2.03. The largest absolute Gasteiger partial charge is 0.489 e. The lowest BCUT2D eigenvalue weighted by atomic mass is 10.1. The van der Waals surface area contributed by atoms with Gasteiger partial charge in [0.05, 0.1) is 4.88 Å². The first-order valence-electron chi connectivity index (χ1n) is 8.52. The number of cyclic esters (lactones) is 1. The molecule has 4 nitrogen and oxygen atoms in total. The zero-order valence-corrected chi connectivity index (χ0v) is 15.5. The molecule has 0 N–H and O–H groups in total. The molecule has 1 aliphatic rings. The smallest absolute Gasteiger partial charge is 0.363 e. The second-order valence-electron chi connectivity index (χ2n) is 6.16. The van der Waals surface area contributed by atoms with E-state index in [2.05, 4.69) is 24.0 Å². The van der Waals surface area contributed by atoms with Gasteiger partial charge < -0.3 is 9.47 Å². The Kier molecular flexibility index (Phi) is 4.85. The third-order valence-electron chi connectivity index (χ3n) is 4.02. The molecule has 3 aromatic rings. The molecule has 0 saturated carbocycles. The summed E-state index contributed by atoms with van der Waals surface area (Å²) >= 11 is 1.49. The summed E-state index contributed by atoms with van der Waals surface area (Å²) in [7, 11) is 0. The Hall–Kier alpha value is -3.18. The molecule has 1 aromatic heterocycles. The number of ether oxygens (including phenoxy) is 2. The van der Waals surface area contributed by atoms with Gasteiger partial charge in [-0.2, -0.15) is 0 Å². The van der Waals surface area contributed by atoms with Crippen molar-refractivity contribution in [2.24, 2.45) is 4.99 Å². The van der Waals surface area contributed by atoms with Gasteiger partial charge in [-0.1, -0.05) is 48.0 Å². The van der Waals surface area contributed by atoms with E-state index in [0.717, 1.165) is 21.8 Å². The van der Waals surface area contributed by atoms with Crippen LogP contribution in [-0.4, -0.2) is 11.9 Å². The predicted molar refractivity (Wildman–Crippen MR) is 107 cm³/mol. The maximum absolute atomic E-state index is 12.0. The molecule has 27 heavy (non-hydrogen) atoms. The molecule has 2 heterocycles. The SMILES string of the molecule is Cc1cccc(COc2ccc(C=C3N=C(c4cccs4)OC3=O)cc2)c1. The van der Waals surface area contributed by atoms with Crippen LogP contribution in [0.25, 0.3) is 6.08 Å². The van der Waals surface area contributed by atoms with E-state index in [1.54, 1.807) is 6.08 Å². The Balaban J connectivity index is 1.44. The average Bonchev–Trinajstić information content (AvgIpc) is 3.32. The highest BCUT2D eigenvalue weighted by molar-refractivity contribution is 7.12. The summed E-state index contributed by atoms with van der Waals surface area (Å²) in [5.41, 5.74) is 3.50. The molecule has 0 atom stereocenters. The van der Waals surface area contributed by atoms with Gasteiger partial charge in [0, 0.05) is 0 Å². The molecule has 0 saturated heterocycles. The summed E-state index contributed by atoms with van der Waals surface area (Å²) in [4.78, 5) is 17.2. The third kappa shape index (κ3) is 4.15. The number of hydrogen-bond acceptors (Lipinski definition) is 5. The number of nitrogens with zero attached hydrogens (tertiary/aromatic N) is 1. The Morgan fingerprint density at radius 1 is 1.11 bits per heavy atom. The van der Waals surface area contributed by atoms with Crippen molar-refractivity contribution < 1.29 is 14.3 Å². The lowest BCUT2D eigenvalue weighted by molar-refractivity contribution is -0.129. The van der Waals surface area contributed by atoms with Gasteiger partial charge in [0.15, 0.2) is 5.70 Å². The van der Waals surface area contributed by atoms with Crippen LogP contribution in [0.2, 0.25) is 0 Å². The number of hydrogen-bond donors (Lipinski definition) is 0. The van der Waals surface area contributed by atoms with Crippen LogP contribution in [0.5, 0.6) is 5.75 Å². The second kappa shape index (κ2) is 7.60. The minimum atomic E-state index is -0.432. The van der Waals surface area contributed by atoms with Crippen LogP contribution < -0.4 is 4.74 Å². The molecule has 4 rings (SSSR count). The minimum absolute atomic E-state index is 0.298. The standard InChI is InChI=1S/C22H17NO3S/c1-15-4-2-5-17(12-15)14-25-18-9-7-16(8-10-18)13-19-22(24)26-21(23-19)20-6-3-11-27-20/h2-13H,14H2,1H3. The zero-order chi connectivity index (χ0) is 18.6. The van der Waals surface area contributed by atoms with E-state index in [0.29, 0.717) is 18.2 Å². The Morgan fingerprint density at radius 3 is 2.70 bits per heavy atom. The number of aliphatic imine (C=N–C) groups is 1. The number of thiophene rings is 1. The Labute approximate surface area is 161 Å². The molecule has 0 aliphatic carbocycles. The zero-order valence-electron chi connectivity index (χ0n) is 14.7. The summed E-state index contributed by atoms with van der Waals surface area (Å²) in [6.07, 6.45) is 1.72. The molecule has 0 spiro atoms. The maximum atomic E-state index is 12.0. The van der Waals surface area contributed by atoms with E-state index >= 15 is 0 Å². The van der Waals surface area contributed by atoms with Crippen molar-refractivity contribution in [1.82, 2.24) is 0 Å². The molecule has 0 radical (unpaired) electrons. The van der Waals surface area contributed by atoms with Crippen molar-refractivity contribution >= 4 is 29.3 Å². The van der Waals surface area contributed by atoms with Crippen molar-refractivity contribution in [2.45, 2.75) is 13.5 Å². The van der Waals surface area contributed by atoms with Crippen molar-refractivity contribution in [3.8, 4) is 5.75 Å².